The molecule has 0 spiro atoms. The average molecular weight is 249 g/mol. The first-order chi connectivity index (χ1) is 6.87. The molecule has 7 heteroatoms. The Bertz CT molecular complexity index is 473. The van der Waals surface area contributed by atoms with Crippen molar-refractivity contribution in [3.05, 3.63) is 23.5 Å². The first kappa shape index (κ1) is 11.9. The van der Waals surface area contributed by atoms with Crippen molar-refractivity contribution in [1.29, 1.82) is 0 Å². The zero-order chi connectivity index (χ0) is 11.5. The van der Waals surface area contributed by atoms with E-state index >= 15 is 0 Å². The number of anilines is 1. The summed E-state index contributed by atoms with van der Waals surface area (Å²) in [7, 11) is -3.31. The van der Waals surface area contributed by atoms with Crippen LogP contribution in [0.4, 0.5) is 5.69 Å². The minimum Gasteiger partial charge on any atom is -0.325 e. The number of amides is 1. The molecule has 0 bridgehead atoms. The molecule has 1 aromatic heterocycles. The summed E-state index contributed by atoms with van der Waals surface area (Å²) in [6.07, 6.45) is 2.41. The van der Waals surface area contributed by atoms with Gasteiger partial charge in [0.05, 0.1) is 0 Å². The molecule has 15 heavy (non-hydrogen) atoms. The van der Waals surface area contributed by atoms with E-state index in [2.05, 4.69) is 10.3 Å². The van der Waals surface area contributed by atoms with Crippen molar-refractivity contribution < 1.29 is 13.2 Å². The van der Waals surface area contributed by atoms with Gasteiger partial charge in [0.2, 0.25) is 5.91 Å². The number of hydrogen-bond donors (Lipinski definition) is 1. The number of carbonyl (C=O) groups excluding carboxylic acids is 1. The second-order valence-electron chi connectivity index (χ2n) is 2.99. The van der Waals surface area contributed by atoms with Gasteiger partial charge < -0.3 is 5.32 Å². The lowest BCUT2D eigenvalue weighted by Gasteiger charge is -2.03. The molecule has 1 N–H and O–H groups in total. The lowest BCUT2D eigenvalue weighted by Crippen LogP contribution is -2.21. The largest absolute Gasteiger partial charge is 0.325 e. The van der Waals surface area contributed by atoms with E-state index < -0.39 is 21.5 Å². The summed E-state index contributed by atoms with van der Waals surface area (Å²) in [6, 6.07) is 2.95. The Morgan fingerprint density at radius 3 is 2.80 bits per heavy atom. The van der Waals surface area contributed by atoms with E-state index in [1.807, 2.05) is 0 Å². The van der Waals surface area contributed by atoms with E-state index in [4.69, 9.17) is 11.6 Å². The summed E-state index contributed by atoms with van der Waals surface area (Å²) in [5.74, 6) is -1.15. The van der Waals surface area contributed by atoms with Gasteiger partial charge in [-0.05, 0) is 12.1 Å². The molecule has 5 nitrogen and oxygen atoms in total. The summed E-state index contributed by atoms with van der Waals surface area (Å²) >= 11 is 5.58. The number of nitrogens with one attached hydrogen (secondary N) is 1. The van der Waals surface area contributed by atoms with Crippen LogP contribution < -0.4 is 5.32 Å². The molecule has 0 radical (unpaired) electrons. The highest BCUT2D eigenvalue weighted by Gasteiger charge is 2.10. The van der Waals surface area contributed by atoms with Crippen LogP contribution in [-0.4, -0.2) is 31.3 Å². The lowest BCUT2D eigenvalue weighted by molar-refractivity contribution is -0.113. The van der Waals surface area contributed by atoms with Gasteiger partial charge in [0, 0.05) is 18.1 Å². The molecule has 1 amide bonds. The Kier molecular flexibility index (Phi) is 3.65. The molecule has 0 aliphatic rings. The minimum absolute atomic E-state index is 0.229. The Labute approximate surface area is 92.4 Å². The van der Waals surface area contributed by atoms with Gasteiger partial charge in [-0.2, -0.15) is 0 Å². The molecule has 0 aromatic carbocycles. The number of rotatable bonds is 3. The third-order valence-corrected chi connectivity index (χ3v) is 2.40. The van der Waals surface area contributed by atoms with Gasteiger partial charge in [-0.3, -0.25) is 4.79 Å². The highest BCUT2D eigenvalue weighted by atomic mass is 35.5. The predicted octanol–water partition coefficient (Wildman–Crippen LogP) is 0.718. The maximum Gasteiger partial charge on any atom is 0.239 e. The molecular weight excluding hydrogens is 240 g/mol. The van der Waals surface area contributed by atoms with Gasteiger partial charge >= 0.3 is 0 Å². The molecule has 1 heterocycles. The molecular formula is C8H9ClN2O3S. The lowest BCUT2D eigenvalue weighted by atomic mass is 10.4. The fourth-order valence-corrected chi connectivity index (χ4v) is 1.64. The van der Waals surface area contributed by atoms with E-state index in [0.717, 1.165) is 6.26 Å². The maximum atomic E-state index is 11.2. The summed E-state index contributed by atoms with van der Waals surface area (Å²) in [5, 5.41) is 2.63. The predicted molar refractivity (Wildman–Crippen MR) is 57.6 cm³/mol. The number of pyridine rings is 1. The first-order valence-electron chi connectivity index (χ1n) is 3.96. The number of halogens is 1. The van der Waals surface area contributed by atoms with Crippen LogP contribution in [0.5, 0.6) is 0 Å². The van der Waals surface area contributed by atoms with Crippen LogP contribution in [0.3, 0.4) is 0 Å². The first-order valence-corrected chi connectivity index (χ1v) is 6.40. The van der Waals surface area contributed by atoms with E-state index in [-0.39, 0.29) is 5.15 Å². The zero-order valence-electron chi connectivity index (χ0n) is 7.90. The smallest absolute Gasteiger partial charge is 0.239 e. The maximum absolute atomic E-state index is 11.2. The van der Waals surface area contributed by atoms with Crippen LogP contribution in [0.2, 0.25) is 5.15 Å². The van der Waals surface area contributed by atoms with Crippen molar-refractivity contribution in [2.24, 2.45) is 0 Å². The molecule has 0 fully saturated rings. The topological polar surface area (TPSA) is 76.1 Å². The zero-order valence-corrected chi connectivity index (χ0v) is 9.47. The van der Waals surface area contributed by atoms with E-state index in [1.54, 1.807) is 0 Å². The fraction of sp³-hybridized carbons (Fsp3) is 0.250. The van der Waals surface area contributed by atoms with Gasteiger partial charge in [0.25, 0.3) is 0 Å². The van der Waals surface area contributed by atoms with Crippen LogP contribution in [-0.2, 0) is 14.6 Å². The van der Waals surface area contributed by atoms with Crippen molar-refractivity contribution in [2.75, 3.05) is 17.3 Å². The van der Waals surface area contributed by atoms with Crippen molar-refractivity contribution in [1.82, 2.24) is 4.98 Å². The number of sulfone groups is 1. The highest BCUT2D eigenvalue weighted by molar-refractivity contribution is 7.91. The number of aromatic nitrogens is 1. The van der Waals surface area contributed by atoms with Crippen molar-refractivity contribution in [3.8, 4) is 0 Å². The van der Waals surface area contributed by atoms with Gasteiger partial charge in [0.1, 0.15) is 10.9 Å². The highest BCUT2D eigenvalue weighted by Crippen LogP contribution is 2.11. The van der Waals surface area contributed by atoms with E-state index in [9.17, 15) is 13.2 Å². The summed E-state index contributed by atoms with van der Waals surface area (Å²) in [5.41, 5.74) is 0.420. The molecule has 1 rings (SSSR count). The van der Waals surface area contributed by atoms with Gasteiger partial charge in [-0.15, -0.1) is 0 Å². The number of nitrogens with zero attached hydrogens (tertiary/aromatic N) is 1. The van der Waals surface area contributed by atoms with Crippen LogP contribution in [0, 0.1) is 0 Å². The summed E-state index contributed by atoms with van der Waals surface area (Å²) in [6.45, 7) is 0. The Hall–Kier alpha value is -1.14. The Morgan fingerprint density at radius 1 is 1.60 bits per heavy atom. The summed E-state index contributed by atoms with van der Waals surface area (Å²) in [4.78, 5) is 14.9. The van der Waals surface area contributed by atoms with Gasteiger partial charge in [-0.1, -0.05) is 11.6 Å². The number of hydrogen-bond acceptors (Lipinski definition) is 4. The molecule has 0 saturated carbocycles. The summed E-state index contributed by atoms with van der Waals surface area (Å²) < 4.78 is 21.6. The van der Waals surface area contributed by atoms with Crippen molar-refractivity contribution in [2.45, 2.75) is 0 Å². The van der Waals surface area contributed by atoms with Gasteiger partial charge in [0.15, 0.2) is 9.84 Å². The molecule has 82 valence electrons. The number of carbonyl (C=O) groups is 1. The van der Waals surface area contributed by atoms with Crippen molar-refractivity contribution >= 4 is 33.0 Å². The molecule has 1 aromatic rings. The molecule has 0 aliphatic heterocycles. The normalized spacial score (nSPS) is 11.1. The quantitative estimate of drug-likeness (QED) is 0.800. The molecule has 0 saturated heterocycles. The third kappa shape index (κ3) is 4.75. The van der Waals surface area contributed by atoms with E-state index in [0.29, 0.717) is 5.69 Å². The minimum atomic E-state index is -3.31. The molecule has 0 unspecified atom stereocenters. The van der Waals surface area contributed by atoms with E-state index in [1.165, 1.54) is 18.3 Å². The van der Waals surface area contributed by atoms with Gasteiger partial charge in [-0.25, -0.2) is 13.4 Å². The monoisotopic (exact) mass is 248 g/mol. The molecule has 0 atom stereocenters. The standard InChI is InChI=1S/C8H9ClN2O3S/c1-15(13,14)5-8(12)11-6-2-3-10-7(9)4-6/h2-4H,5H2,1H3,(H,10,11,12). The fourth-order valence-electron chi connectivity index (χ4n) is 0.915. The Balaban J connectivity index is 2.67. The third-order valence-electron chi connectivity index (χ3n) is 1.40. The Morgan fingerprint density at radius 2 is 2.27 bits per heavy atom. The second kappa shape index (κ2) is 4.59. The average Bonchev–Trinajstić information content (AvgIpc) is 1.99. The van der Waals surface area contributed by atoms with Crippen LogP contribution >= 0.6 is 11.6 Å². The second-order valence-corrected chi connectivity index (χ2v) is 5.51. The van der Waals surface area contributed by atoms with Crippen LogP contribution in [0.25, 0.3) is 0 Å². The molecule has 0 aliphatic carbocycles. The van der Waals surface area contributed by atoms with Crippen molar-refractivity contribution in [3.63, 3.8) is 0 Å². The van der Waals surface area contributed by atoms with Crippen LogP contribution in [0.15, 0.2) is 18.3 Å². The SMILES string of the molecule is CS(=O)(=O)CC(=O)Nc1ccnc(Cl)c1. The van der Waals surface area contributed by atoms with Crippen LogP contribution in [0.1, 0.15) is 0 Å².